The van der Waals surface area contributed by atoms with Crippen LogP contribution in [-0.4, -0.2) is 78.5 Å². The standard InChI is InChI=1S/C18H32N6O.HI/c1-4-6-23-7-5-15(12-23)10-20-18(19-2)24-8-9-25-17(14-24)16-11-21-22(3)13-16;/h11,13,15,17H,4-10,12,14H2,1-3H3,(H,19,20);1H. The van der Waals surface area contributed by atoms with Crippen LogP contribution in [0.15, 0.2) is 17.4 Å². The maximum absolute atomic E-state index is 5.94. The normalized spacial score (nSPS) is 24.6. The molecule has 2 unspecified atom stereocenters. The fraction of sp³-hybridized carbons (Fsp3) is 0.778. The molecule has 2 fully saturated rings. The van der Waals surface area contributed by atoms with Gasteiger partial charge in [0.05, 0.1) is 19.3 Å². The zero-order chi connectivity index (χ0) is 17.6. The number of aromatic nitrogens is 2. The van der Waals surface area contributed by atoms with Crippen LogP contribution in [0.5, 0.6) is 0 Å². The molecule has 26 heavy (non-hydrogen) atoms. The van der Waals surface area contributed by atoms with Crippen LogP contribution in [0.4, 0.5) is 0 Å². The van der Waals surface area contributed by atoms with E-state index in [9.17, 15) is 0 Å². The second-order valence-corrected chi connectivity index (χ2v) is 7.14. The van der Waals surface area contributed by atoms with Gasteiger partial charge in [-0.1, -0.05) is 6.92 Å². The summed E-state index contributed by atoms with van der Waals surface area (Å²) >= 11 is 0. The second-order valence-electron chi connectivity index (χ2n) is 7.14. The van der Waals surface area contributed by atoms with E-state index in [4.69, 9.17) is 4.74 Å². The summed E-state index contributed by atoms with van der Waals surface area (Å²) in [6.45, 7) is 9.33. The van der Waals surface area contributed by atoms with Gasteiger partial charge in [0.1, 0.15) is 6.10 Å². The Morgan fingerprint density at radius 1 is 1.38 bits per heavy atom. The van der Waals surface area contributed by atoms with Gasteiger partial charge in [0.15, 0.2) is 5.96 Å². The lowest BCUT2D eigenvalue weighted by Crippen LogP contribution is -2.49. The number of ether oxygens (including phenoxy) is 1. The monoisotopic (exact) mass is 476 g/mol. The van der Waals surface area contributed by atoms with E-state index in [0.717, 1.165) is 37.1 Å². The molecule has 2 atom stereocenters. The smallest absolute Gasteiger partial charge is 0.193 e. The number of halogens is 1. The zero-order valence-corrected chi connectivity index (χ0v) is 18.6. The van der Waals surface area contributed by atoms with Gasteiger partial charge in [0.25, 0.3) is 0 Å². The Kier molecular flexibility index (Phi) is 8.62. The predicted octanol–water partition coefficient (Wildman–Crippen LogP) is 1.72. The fourth-order valence-corrected chi connectivity index (χ4v) is 3.82. The molecule has 0 bridgehead atoms. The minimum Gasteiger partial charge on any atom is -0.370 e. The van der Waals surface area contributed by atoms with E-state index in [2.05, 4.69) is 32.1 Å². The largest absolute Gasteiger partial charge is 0.370 e. The molecule has 0 amide bonds. The Hall–Kier alpha value is -0.870. The molecule has 1 aromatic heterocycles. The number of nitrogens with zero attached hydrogens (tertiary/aromatic N) is 5. The molecule has 2 aliphatic rings. The molecule has 0 radical (unpaired) electrons. The van der Waals surface area contributed by atoms with E-state index < -0.39 is 0 Å². The molecule has 3 rings (SSSR count). The van der Waals surface area contributed by atoms with E-state index >= 15 is 0 Å². The Morgan fingerprint density at radius 2 is 2.23 bits per heavy atom. The van der Waals surface area contributed by atoms with Gasteiger partial charge < -0.3 is 19.9 Å². The van der Waals surface area contributed by atoms with Crippen molar-refractivity contribution in [3.05, 3.63) is 18.0 Å². The van der Waals surface area contributed by atoms with Crippen molar-refractivity contribution in [1.29, 1.82) is 0 Å². The minimum atomic E-state index is 0. The first-order valence-electron chi connectivity index (χ1n) is 9.47. The number of rotatable bonds is 5. The summed E-state index contributed by atoms with van der Waals surface area (Å²) in [5.41, 5.74) is 1.13. The third kappa shape index (κ3) is 5.56. The highest BCUT2D eigenvalue weighted by Crippen LogP contribution is 2.22. The molecule has 0 aromatic carbocycles. The summed E-state index contributed by atoms with van der Waals surface area (Å²) in [6.07, 6.45) is 6.51. The van der Waals surface area contributed by atoms with Crippen molar-refractivity contribution in [2.45, 2.75) is 25.9 Å². The number of guanidine groups is 1. The van der Waals surface area contributed by atoms with E-state index in [1.165, 1.54) is 32.5 Å². The van der Waals surface area contributed by atoms with Crippen LogP contribution < -0.4 is 5.32 Å². The third-order valence-electron chi connectivity index (χ3n) is 5.13. The lowest BCUT2D eigenvalue weighted by atomic mass is 10.1. The van der Waals surface area contributed by atoms with Gasteiger partial charge in [-0.15, -0.1) is 24.0 Å². The summed E-state index contributed by atoms with van der Waals surface area (Å²) in [7, 11) is 3.81. The Bertz CT molecular complexity index is 578. The van der Waals surface area contributed by atoms with Crippen molar-refractivity contribution in [3.63, 3.8) is 0 Å². The summed E-state index contributed by atoms with van der Waals surface area (Å²) in [5, 5.41) is 7.85. The van der Waals surface area contributed by atoms with Gasteiger partial charge in [0.2, 0.25) is 0 Å². The molecule has 8 heteroatoms. The summed E-state index contributed by atoms with van der Waals surface area (Å²) in [4.78, 5) is 9.38. The summed E-state index contributed by atoms with van der Waals surface area (Å²) < 4.78 is 7.76. The van der Waals surface area contributed by atoms with E-state index in [-0.39, 0.29) is 30.1 Å². The van der Waals surface area contributed by atoms with Crippen LogP contribution in [0.25, 0.3) is 0 Å². The van der Waals surface area contributed by atoms with Gasteiger partial charge >= 0.3 is 0 Å². The van der Waals surface area contributed by atoms with Crippen LogP contribution in [0, 0.1) is 5.92 Å². The first kappa shape index (κ1) is 21.4. The molecule has 2 aliphatic heterocycles. The number of hydrogen-bond donors (Lipinski definition) is 1. The SMILES string of the molecule is CCCN1CCC(CNC(=NC)N2CCOC(c3cnn(C)c3)C2)C1.I. The van der Waals surface area contributed by atoms with Crippen molar-refractivity contribution in [2.75, 3.05) is 52.9 Å². The molecule has 3 heterocycles. The second kappa shape index (κ2) is 10.5. The van der Waals surface area contributed by atoms with E-state index in [0.29, 0.717) is 6.61 Å². The van der Waals surface area contributed by atoms with Crippen LogP contribution in [-0.2, 0) is 11.8 Å². The average Bonchev–Trinajstić information content (AvgIpc) is 3.25. The Labute approximate surface area is 174 Å². The number of aryl methyl sites for hydroxylation is 1. The number of aliphatic imine (C=N–C) groups is 1. The molecule has 0 aliphatic carbocycles. The maximum Gasteiger partial charge on any atom is 0.193 e. The molecular weight excluding hydrogens is 443 g/mol. The summed E-state index contributed by atoms with van der Waals surface area (Å²) in [5.74, 6) is 1.71. The zero-order valence-electron chi connectivity index (χ0n) is 16.2. The molecule has 0 saturated carbocycles. The van der Waals surface area contributed by atoms with Crippen LogP contribution in [0.2, 0.25) is 0 Å². The first-order valence-corrected chi connectivity index (χ1v) is 9.47. The topological polar surface area (TPSA) is 57.9 Å². The van der Waals surface area contributed by atoms with Gasteiger partial charge in [0, 0.05) is 45.5 Å². The fourth-order valence-electron chi connectivity index (χ4n) is 3.82. The van der Waals surface area contributed by atoms with Crippen molar-refractivity contribution >= 4 is 29.9 Å². The molecule has 148 valence electrons. The summed E-state index contributed by atoms with van der Waals surface area (Å²) in [6, 6.07) is 0. The third-order valence-corrected chi connectivity index (χ3v) is 5.13. The number of hydrogen-bond acceptors (Lipinski definition) is 4. The number of nitrogens with one attached hydrogen (secondary N) is 1. The van der Waals surface area contributed by atoms with Crippen molar-refractivity contribution in [2.24, 2.45) is 18.0 Å². The predicted molar refractivity (Wildman–Crippen MR) is 115 cm³/mol. The lowest BCUT2D eigenvalue weighted by molar-refractivity contribution is -0.00807. The Balaban J connectivity index is 0.00000243. The molecule has 1 aromatic rings. The highest BCUT2D eigenvalue weighted by Gasteiger charge is 2.26. The van der Waals surface area contributed by atoms with Gasteiger partial charge in [-0.25, -0.2) is 0 Å². The number of likely N-dealkylation sites (tertiary alicyclic amines) is 1. The van der Waals surface area contributed by atoms with Crippen molar-refractivity contribution < 1.29 is 4.74 Å². The number of morpholine rings is 1. The molecule has 1 N–H and O–H groups in total. The minimum absolute atomic E-state index is 0. The highest BCUT2D eigenvalue weighted by molar-refractivity contribution is 14.0. The van der Waals surface area contributed by atoms with E-state index in [1.54, 1.807) is 0 Å². The van der Waals surface area contributed by atoms with Crippen molar-refractivity contribution in [1.82, 2.24) is 24.9 Å². The lowest BCUT2D eigenvalue weighted by Gasteiger charge is -2.35. The highest BCUT2D eigenvalue weighted by atomic mass is 127. The van der Waals surface area contributed by atoms with Gasteiger partial charge in [-0.2, -0.15) is 5.10 Å². The first-order chi connectivity index (χ1) is 12.2. The van der Waals surface area contributed by atoms with Crippen LogP contribution in [0.3, 0.4) is 0 Å². The molecular formula is C18H33IN6O. The van der Waals surface area contributed by atoms with Gasteiger partial charge in [-0.3, -0.25) is 9.67 Å². The molecule has 0 spiro atoms. The molecule has 2 saturated heterocycles. The van der Waals surface area contributed by atoms with Crippen LogP contribution >= 0.6 is 24.0 Å². The molecule has 7 nitrogen and oxygen atoms in total. The van der Waals surface area contributed by atoms with Gasteiger partial charge in [-0.05, 0) is 31.8 Å². The van der Waals surface area contributed by atoms with E-state index in [1.807, 2.05) is 31.2 Å². The average molecular weight is 476 g/mol. The maximum atomic E-state index is 5.94. The quantitative estimate of drug-likeness (QED) is 0.399. The Morgan fingerprint density at radius 3 is 2.92 bits per heavy atom. The van der Waals surface area contributed by atoms with Crippen molar-refractivity contribution in [3.8, 4) is 0 Å². The van der Waals surface area contributed by atoms with Crippen LogP contribution in [0.1, 0.15) is 31.4 Å².